The molecule has 0 bridgehead atoms. The van der Waals surface area contributed by atoms with Crippen LogP contribution in [0, 0.1) is 11.3 Å². The third-order valence-electron chi connectivity index (χ3n) is 3.35. The summed E-state index contributed by atoms with van der Waals surface area (Å²) in [6.07, 6.45) is 6.09. The van der Waals surface area contributed by atoms with Crippen LogP contribution in [0.25, 0.3) is 0 Å². The highest BCUT2D eigenvalue weighted by molar-refractivity contribution is 5.07. The van der Waals surface area contributed by atoms with Gasteiger partial charge >= 0.3 is 0 Å². The van der Waals surface area contributed by atoms with Crippen molar-refractivity contribution in [1.29, 1.82) is 0 Å². The van der Waals surface area contributed by atoms with Gasteiger partial charge < -0.3 is 5.32 Å². The predicted molar refractivity (Wildman–Crippen MR) is 42.9 cm³/mol. The normalized spacial score (nSPS) is 33.9. The minimum atomic E-state index is 0.877. The molecule has 1 spiro atoms. The molecule has 0 amide bonds. The molecule has 0 aliphatic heterocycles. The lowest BCUT2D eigenvalue weighted by Crippen LogP contribution is -2.22. The van der Waals surface area contributed by atoms with Crippen LogP contribution in [0.2, 0.25) is 0 Å². The van der Waals surface area contributed by atoms with Crippen molar-refractivity contribution in [1.82, 2.24) is 5.32 Å². The smallest absolute Gasteiger partial charge is 0.00151 e. The Bertz CT molecular complexity index is 127. The van der Waals surface area contributed by atoms with E-state index in [4.69, 9.17) is 0 Å². The summed E-state index contributed by atoms with van der Waals surface area (Å²) in [7, 11) is 0. The fourth-order valence-corrected chi connectivity index (χ4v) is 2.28. The molecule has 2 saturated carbocycles. The Morgan fingerprint density at radius 3 is 2.70 bits per heavy atom. The van der Waals surface area contributed by atoms with E-state index in [2.05, 4.69) is 12.2 Å². The van der Waals surface area contributed by atoms with E-state index in [0.29, 0.717) is 0 Å². The van der Waals surface area contributed by atoms with Gasteiger partial charge in [-0.05, 0) is 43.7 Å². The standard InChI is InChI=1S/C9H17N/c1-2-10-7-8-6-9(8)4-3-5-9/h8,10H,2-7H2,1H3. The van der Waals surface area contributed by atoms with Crippen molar-refractivity contribution >= 4 is 0 Å². The molecule has 2 fully saturated rings. The van der Waals surface area contributed by atoms with Crippen LogP contribution in [0.4, 0.5) is 0 Å². The lowest BCUT2D eigenvalue weighted by Gasteiger charge is -2.26. The molecule has 10 heavy (non-hydrogen) atoms. The monoisotopic (exact) mass is 139 g/mol. The van der Waals surface area contributed by atoms with Crippen molar-refractivity contribution in [3.8, 4) is 0 Å². The highest BCUT2D eigenvalue weighted by Crippen LogP contribution is 2.65. The van der Waals surface area contributed by atoms with Gasteiger partial charge in [0.2, 0.25) is 0 Å². The van der Waals surface area contributed by atoms with Crippen molar-refractivity contribution in [2.45, 2.75) is 32.6 Å². The molecule has 1 N–H and O–H groups in total. The fraction of sp³-hybridized carbons (Fsp3) is 1.00. The van der Waals surface area contributed by atoms with E-state index in [-0.39, 0.29) is 0 Å². The zero-order valence-corrected chi connectivity index (χ0v) is 6.82. The Balaban J connectivity index is 1.69. The summed E-state index contributed by atoms with van der Waals surface area (Å²) < 4.78 is 0. The third-order valence-corrected chi connectivity index (χ3v) is 3.35. The summed E-state index contributed by atoms with van der Waals surface area (Å²) in [5, 5.41) is 3.43. The predicted octanol–water partition coefficient (Wildman–Crippen LogP) is 1.79. The van der Waals surface area contributed by atoms with Gasteiger partial charge in [-0.2, -0.15) is 0 Å². The van der Waals surface area contributed by atoms with Crippen LogP contribution in [0.15, 0.2) is 0 Å². The fourth-order valence-electron chi connectivity index (χ4n) is 2.28. The largest absolute Gasteiger partial charge is 0.317 e. The van der Waals surface area contributed by atoms with E-state index >= 15 is 0 Å². The van der Waals surface area contributed by atoms with Crippen molar-refractivity contribution in [2.24, 2.45) is 11.3 Å². The SMILES string of the molecule is CCNCC1CC12CCC2. The second kappa shape index (κ2) is 2.23. The van der Waals surface area contributed by atoms with Crippen LogP contribution in [0.5, 0.6) is 0 Å². The zero-order chi connectivity index (χ0) is 7.03. The number of hydrogen-bond acceptors (Lipinski definition) is 1. The molecule has 2 rings (SSSR count). The molecule has 2 aliphatic rings. The summed E-state index contributed by atoms with van der Waals surface area (Å²) in [6, 6.07) is 0. The lowest BCUT2D eigenvalue weighted by atomic mass is 9.80. The van der Waals surface area contributed by atoms with E-state index < -0.39 is 0 Å². The molecule has 0 radical (unpaired) electrons. The number of hydrogen-bond donors (Lipinski definition) is 1. The van der Waals surface area contributed by atoms with Crippen LogP contribution in [-0.2, 0) is 0 Å². The van der Waals surface area contributed by atoms with Gasteiger partial charge in [0.1, 0.15) is 0 Å². The number of rotatable bonds is 3. The Morgan fingerprint density at radius 1 is 1.50 bits per heavy atom. The van der Waals surface area contributed by atoms with E-state index in [9.17, 15) is 0 Å². The first-order valence-corrected chi connectivity index (χ1v) is 4.58. The van der Waals surface area contributed by atoms with Gasteiger partial charge in [-0.25, -0.2) is 0 Å². The van der Waals surface area contributed by atoms with E-state index in [1.165, 1.54) is 32.2 Å². The quantitative estimate of drug-likeness (QED) is 0.628. The van der Waals surface area contributed by atoms with Gasteiger partial charge in [0.15, 0.2) is 0 Å². The van der Waals surface area contributed by atoms with Crippen LogP contribution in [0.1, 0.15) is 32.6 Å². The molecular formula is C9H17N. The molecule has 0 aromatic heterocycles. The van der Waals surface area contributed by atoms with Gasteiger partial charge in [0.25, 0.3) is 0 Å². The maximum absolute atomic E-state index is 3.43. The van der Waals surface area contributed by atoms with E-state index in [1.807, 2.05) is 0 Å². The van der Waals surface area contributed by atoms with Crippen molar-refractivity contribution in [2.75, 3.05) is 13.1 Å². The Hall–Kier alpha value is -0.0400. The highest BCUT2D eigenvalue weighted by atomic mass is 14.9. The summed E-state index contributed by atoms with van der Waals surface area (Å²) in [4.78, 5) is 0. The molecule has 2 aliphatic carbocycles. The Kier molecular flexibility index (Phi) is 1.48. The van der Waals surface area contributed by atoms with E-state index in [0.717, 1.165) is 17.9 Å². The molecule has 0 aromatic carbocycles. The van der Waals surface area contributed by atoms with Crippen molar-refractivity contribution in [3.63, 3.8) is 0 Å². The maximum atomic E-state index is 3.43. The van der Waals surface area contributed by atoms with Gasteiger partial charge in [-0.3, -0.25) is 0 Å². The van der Waals surface area contributed by atoms with Crippen LogP contribution in [-0.4, -0.2) is 13.1 Å². The Labute approximate surface area is 63.2 Å². The average Bonchev–Trinajstić information content (AvgIpc) is 2.56. The molecule has 58 valence electrons. The van der Waals surface area contributed by atoms with Crippen LogP contribution in [0.3, 0.4) is 0 Å². The molecule has 1 unspecified atom stereocenters. The third kappa shape index (κ3) is 0.878. The second-order valence-corrected chi connectivity index (χ2v) is 3.92. The van der Waals surface area contributed by atoms with Crippen LogP contribution >= 0.6 is 0 Å². The van der Waals surface area contributed by atoms with Gasteiger partial charge in [-0.15, -0.1) is 0 Å². The summed E-state index contributed by atoms with van der Waals surface area (Å²) in [5.41, 5.74) is 0.877. The van der Waals surface area contributed by atoms with Gasteiger partial charge in [0, 0.05) is 0 Å². The topological polar surface area (TPSA) is 12.0 Å². The molecule has 0 saturated heterocycles. The molecule has 1 heteroatoms. The highest BCUT2D eigenvalue weighted by Gasteiger charge is 2.56. The molecule has 0 heterocycles. The van der Waals surface area contributed by atoms with Gasteiger partial charge in [-0.1, -0.05) is 13.3 Å². The van der Waals surface area contributed by atoms with Crippen LogP contribution < -0.4 is 5.32 Å². The zero-order valence-electron chi connectivity index (χ0n) is 6.82. The second-order valence-electron chi connectivity index (χ2n) is 3.92. The van der Waals surface area contributed by atoms with Crippen molar-refractivity contribution < 1.29 is 0 Å². The minimum absolute atomic E-state index is 0.877. The number of nitrogens with one attached hydrogen (secondary N) is 1. The lowest BCUT2D eigenvalue weighted by molar-refractivity contribution is 0.256. The first kappa shape index (κ1) is 6.66. The molecule has 0 aromatic rings. The molecular weight excluding hydrogens is 122 g/mol. The molecule has 1 atom stereocenters. The average molecular weight is 139 g/mol. The summed E-state index contributed by atoms with van der Waals surface area (Å²) in [5.74, 6) is 1.06. The van der Waals surface area contributed by atoms with E-state index in [1.54, 1.807) is 0 Å². The summed E-state index contributed by atoms with van der Waals surface area (Å²) >= 11 is 0. The summed E-state index contributed by atoms with van der Waals surface area (Å²) in [6.45, 7) is 4.62. The Morgan fingerprint density at radius 2 is 2.30 bits per heavy atom. The maximum Gasteiger partial charge on any atom is -0.00151 e. The van der Waals surface area contributed by atoms with Crippen molar-refractivity contribution in [3.05, 3.63) is 0 Å². The minimum Gasteiger partial charge on any atom is -0.317 e. The first-order valence-electron chi connectivity index (χ1n) is 4.58. The first-order chi connectivity index (χ1) is 4.87. The molecule has 1 nitrogen and oxygen atoms in total. The van der Waals surface area contributed by atoms with Gasteiger partial charge in [0.05, 0.1) is 0 Å².